The quantitative estimate of drug-likeness (QED) is 0.639. The van der Waals surface area contributed by atoms with Crippen molar-refractivity contribution < 1.29 is 22.7 Å². The van der Waals surface area contributed by atoms with Gasteiger partial charge in [0.2, 0.25) is 15.9 Å². The number of anilines is 1. The molecule has 1 aromatic heterocycles. The minimum atomic E-state index is -3.66. The molecule has 178 valence electrons. The van der Waals surface area contributed by atoms with E-state index in [1.165, 1.54) is 27.8 Å². The number of carbonyl (C=O) groups excluding carboxylic acids is 2. The van der Waals surface area contributed by atoms with Crippen LogP contribution in [0.4, 0.5) is 5.69 Å². The first kappa shape index (κ1) is 23.7. The molecule has 2 amide bonds. The van der Waals surface area contributed by atoms with Gasteiger partial charge in [-0.1, -0.05) is 12.5 Å². The van der Waals surface area contributed by atoms with Crippen LogP contribution in [0.5, 0.6) is 5.75 Å². The van der Waals surface area contributed by atoms with Crippen molar-refractivity contribution in [2.24, 2.45) is 0 Å². The van der Waals surface area contributed by atoms with E-state index < -0.39 is 16.1 Å². The summed E-state index contributed by atoms with van der Waals surface area (Å²) in [5.74, 6) is -0.0995. The summed E-state index contributed by atoms with van der Waals surface area (Å²) in [6.07, 6.45) is 4.00. The SMILES string of the molecule is CCOc1ccc(S(=O)(=O)N2CCCCC2)cc1NC(=O)C1CCCN1C(=O)c1cccs1. The number of piperidine rings is 1. The maximum absolute atomic E-state index is 13.2. The number of hydrogen-bond acceptors (Lipinski definition) is 6. The molecule has 1 unspecified atom stereocenters. The number of nitrogens with one attached hydrogen (secondary N) is 1. The first-order chi connectivity index (χ1) is 15.9. The van der Waals surface area contributed by atoms with Crippen LogP contribution in [0.3, 0.4) is 0 Å². The van der Waals surface area contributed by atoms with Crippen LogP contribution in [0.25, 0.3) is 0 Å². The smallest absolute Gasteiger partial charge is 0.264 e. The molecule has 3 heterocycles. The number of sulfonamides is 1. The van der Waals surface area contributed by atoms with Gasteiger partial charge in [-0.05, 0) is 62.3 Å². The van der Waals surface area contributed by atoms with E-state index in [0.29, 0.717) is 49.0 Å². The molecule has 2 fully saturated rings. The Kier molecular flexibility index (Phi) is 7.35. The first-order valence-electron chi connectivity index (χ1n) is 11.3. The summed E-state index contributed by atoms with van der Waals surface area (Å²) < 4.78 is 33.4. The Labute approximate surface area is 198 Å². The van der Waals surface area contributed by atoms with Crippen molar-refractivity contribution in [2.45, 2.75) is 50.0 Å². The third-order valence-corrected chi connectivity index (χ3v) is 8.76. The summed E-state index contributed by atoms with van der Waals surface area (Å²) in [5, 5.41) is 4.68. The van der Waals surface area contributed by atoms with Gasteiger partial charge in [0.05, 0.1) is 22.1 Å². The van der Waals surface area contributed by atoms with Crippen molar-refractivity contribution in [3.63, 3.8) is 0 Å². The van der Waals surface area contributed by atoms with Crippen LogP contribution in [-0.2, 0) is 14.8 Å². The number of likely N-dealkylation sites (tertiary alicyclic amines) is 1. The van der Waals surface area contributed by atoms with Crippen LogP contribution >= 0.6 is 11.3 Å². The molecule has 0 radical (unpaired) electrons. The maximum atomic E-state index is 13.2. The summed E-state index contributed by atoms with van der Waals surface area (Å²) in [6.45, 7) is 3.70. The fraction of sp³-hybridized carbons (Fsp3) is 0.478. The van der Waals surface area contributed by atoms with Crippen molar-refractivity contribution in [1.82, 2.24) is 9.21 Å². The second kappa shape index (κ2) is 10.2. The molecule has 1 aromatic carbocycles. The van der Waals surface area contributed by atoms with Gasteiger partial charge in [0.25, 0.3) is 5.91 Å². The number of ether oxygens (including phenoxy) is 1. The van der Waals surface area contributed by atoms with E-state index in [-0.39, 0.29) is 16.7 Å². The van der Waals surface area contributed by atoms with Crippen molar-refractivity contribution in [1.29, 1.82) is 0 Å². The van der Waals surface area contributed by atoms with Crippen molar-refractivity contribution in [2.75, 3.05) is 31.6 Å². The Morgan fingerprint density at radius 1 is 1.12 bits per heavy atom. The van der Waals surface area contributed by atoms with Crippen LogP contribution in [0.15, 0.2) is 40.6 Å². The van der Waals surface area contributed by atoms with Crippen LogP contribution in [0.2, 0.25) is 0 Å². The average molecular weight is 492 g/mol. The molecule has 10 heteroatoms. The summed E-state index contributed by atoms with van der Waals surface area (Å²) >= 11 is 1.35. The third kappa shape index (κ3) is 5.07. The minimum Gasteiger partial charge on any atom is -0.492 e. The topological polar surface area (TPSA) is 96.0 Å². The van der Waals surface area contributed by atoms with Gasteiger partial charge in [-0.25, -0.2) is 8.42 Å². The highest BCUT2D eigenvalue weighted by molar-refractivity contribution is 7.89. The molecule has 0 saturated carbocycles. The summed E-state index contributed by atoms with van der Waals surface area (Å²) in [5.41, 5.74) is 0.301. The van der Waals surface area contributed by atoms with Gasteiger partial charge < -0.3 is 15.0 Å². The van der Waals surface area contributed by atoms with E-state index in [0.717, 1.165) is 25.7 Å². The number of amides is 2. The highest BCUT2D eigenvalue weighted by Crippen LogP contribution is 2.31. The molecule has 0 spiro atoms. The molecule has 4 rings (SSSR count). The molecular formula is C23H29N3O5S2. The van der Waals surface area contributed by atoms with Gasteiger partial charge >= 0.3 is 0 Å². The minimum absolute atomic E-state index is 0.126. The summed E-state index contributed by atoms with van der Waals surface area (Å²) in [7, 11) is -3.66. The summed E-state index contributed by atoms with van der Waals surface area (Å²) in [6, 6.07) is 7.52. The first-order valence-corrected chi connectivity index (χ1v) is 13.7. The monoisotopic (exact) mass is 491 g/mol. The van der Waals surface area contributed by atoms with Gasteiger partial charge in [0, 0.05) is 19.6 Å². The predicted molar refractivity (Wildman–Crippen MR) is 127 cm³/mol. The zero-order chi connectivity index (χ0) is 23.4. The second-order valence-corrected chi connectivity index (χ2v) is 11.1. The molecule has 33 heavy (non-hydrogen) atoms. The number of carbonyl (C=O) groups is 2. The van der Waals surface area contributed by atoms with Gasteiger partial charge in [0.1, 0.15) is 11.8 Å². The molecule has 2 aromatic rings. The van der Waals surface area contributed by atoms with E-state index in [1.807, 2.05) is 18.4 Å². The third-order valence-electron chi connectivity index (χ3n) is 6.01. The lowest BCUT2D eigenvalue weighted by molar-refractivity contribution is -0.119. The fourth-order valence-electron chi connectivity index (χ4n) is 4.34. The zero-order valence-electron chi connectivity index (χ0n) is 18.7. The molecular weight excluding hydrogens is 462 g/mol. The average Bonchev–Trinajstić information content (AvgIpc) is 3.53. The molecule has 1 N–H and O–H groups in total. The highest BCUT2D eigenvalue weighted by atomic mass is 32.2. The molecule has 2 aliphatic heterocycles. The van der Waals surface area contributed by atoms with E-state index >= 15 is 0 Å². The normalized spacial score (nSPS) is 19.4. The number of hydrogen-bond donors (Lipinski definition) is 1. The molecule has 1 atom stereocenters. The van der Waals surface area contributed by atoms with E-state index in [4.69, 9.17) is 4.74 Å². The lowest BCUT2D eigenvalue weighted by atomic mass is 10.2. The fourth-order valence-corrected chi connectivity index (χ4v) is 6.57. The predicted octanol–water partition coefficient (Wildman–Crippen LogP) is 3.56. The van der Waals surface area contributed by atoms with Crippen LogP contribution in [0.1, 0.15) is 48.7 Å². The van der Waals surface area contributed by atoms with Gasteiger partial charge in [-0.3, -0.25) is 9.59 Å². The van der Waals surface area contributed by atoms with E-state index in [2.05, 4.69) is 5.32 Å². The van der Waals surface area contributed by atoms with Gasteiger partial charge in [-0.2, -0.15) is 4.31 Å². The molecule has 8 nitrogen and oxygen atoms in total. The Morgan fingerprint density at radius 2 is 1.91 bits per heavy atom. The molecule has 0 aliphatic carbocycles. The van der Waals surface area contributed by atoms with Gasteiger partial charge in [-0.15, -0.1) is 11.3 Å². The molecule has 2 aliphatic rings. The van der Waals surface area contributed by atoms with E-state index in [9.17, 15) is 18.0 Å². The second-order valence-electron chi connectivity index (χ2n) is 8.18. The van der Waals surface area contributed by atoms with Crippen molar-refractivity contribution in [3.05, 3.63) is 40.6 Å². The lowest BCUT2D eigenvalue weighted by Gasteiger charge is -2.26. The lowest BCUT2D eigenvalue weighted by Crippen LogP contribution is -2.43. The van der Waals surface area contributed by atoms with Crippen molar-refractivity contribution >= 4 is 38.9 Å². The van der Waals surface area contributed by atoms with Gasteiger partial charge in [0.15, 0.2) is 0 Å². The number of rotatable bonds is 7. The Balaban J connectivity index is 1.57. The highest BCUT2D eigenvalue weighted by Gasteiger charge is 2.35. The zero-order valence-corrected chi connectivity index (χ0v) is 20.3. The Bertz CT molecular complexity index is 1100. The largest absolute Gasteiger partial charge is 0.492 e. The molecule has 2 saturated heterocycles. The standard InChI is InChI=1S/C23H29N3O5S2/c1-2-31-20-11-10-17(33(29,30)25-12-4-3-5-13-25)16-18(20)24-22(27)19-8-6-14-26(19)23(28)21-9-7-15-32-21/h7,9-11,15-16,19H,2-6,8,12-14H2,1H3,(H,24,27). The summed E-state index contributed by atoms with van der Waals surface area (Å²) in [4.78, 5) is 28.4. The van der Waals surface area contributed by atoms with Crippen LogP contribution < -0.4 is 10.1 Å². The maximum Gasteiger partial charge on any atom is 0.264 e. The number of benzene rings is 1. The van der Waals surface area contributed by atoms with Crippen molar-refractivity contribution in [3.8, 4) is 5.75 Å². The Hall–Kier alpha value is -2.43. The van der Waals surface area contributed by atoms with E-state index in [1.54, 1.807) is 17.0 Å². The number of nitrogens with zero attached hydrogens (tertiary/aromatic N) is 2. The Morgan fingerprint density at radius 3 is 2.61 bits per heavy atom. The number of thiophene rings is 1. The van der Waals surface area contributed by atoms with Crippen LogP contribution in [-0.4, -0.2) is 61.7 Å². The molecule has 0 bridgehead atoms. The van der Waals surface area contributed by atoms with Crippen LogP contribution in [0, 0.1) is 0 Å².